The fourth-order valence-corrected chi connectivity index (χ4v) is 5.66. The van der Waals surface area contributed by atoms with E-state index in [0.29, 0.717) is 46.4 Å². The van der Waals surface area contributed by atoms with Crippen molar-refractivity contribution in [2.24, 2.45) is 0 Å². The molecule has 3 aromatic carbocycles. The zero-order valence-electron chi connectivity index (χ0n) is 27.7. The quantitative estimate of drug-likeness (QED) is 0.132. The van der Waals surface area contributed by atoms with E-state index in [1.807, 2.05) is 37.3 Å². The first-order valence-electron chi connectivity index (χ1n) is 15.7. The Morgan fingerprint density at radius 3 is 2.44 bits per heavy atom. The van der Waals surface area contributed by atoms with Gasteiger partial charge in [-0.15, -0.1) is 0 Å². The van der Waals surface area contributed by atoms with Gasteiger partial charge in [-0.3, -0.25) is 19.4 Å². The summed E-state index contributed by atoms with van der Waals surface area (Å²) in [6.07, 6.45) is 6.09. The molecule has 0 saturated carbocycles. The van der Waals surface area contributed by atoms with Gasteiger partial charge in [-0.1, -0.05) is 53.5 Å². The van der Waals surface area contributed by atoms with Gasteiger partial charge >= 0.3 is 0 Å². The topological polar surface area (TPSA) is 114 Å². The highest BCUT2D eigenvalue weighted by molar-refractivity contribution is 6.38. The number of para-hydroxylation sites is 1. The van der Waals surface area contributed by atoms with Crippen LogP contribution in [-0.4, -0.2) is 61.5 Å². The van der Waals surface area contributed by atoms with Gasteiger partial charge in [-0.2, -0.15) is 0 Å². The average molecular weight is 713 g/mol. The third kappa shape index (κ3) is 8.83. The molecule has 0 atom stereocenters. The first kappa shape index (κ1) is 36.0. The lowest BCUT2D eigenvalue weighted by atomic mass is 10.1. The molecule has 0 aliphatic rings. The summed E-state index contributed by atoms with van der Waals surface area (Å²) in [5.74, 6) is -0.448. The second-order valence-corrected chi connectivity index (χ2v) is 12.0. The van der Waals surface area contributed by atoms with Crippen LogP contribution in [0, 0.1) is 6.92 Å². The van der Waals surface area contributed by atoms with Crippen molar-refractivity contribution >= 4 is 69.3 Å². The molecule has 0 spiro atoms. The van der Waals surface area contributed by atoms with Crippen LogP contribution in [0.3, 0.4) is 0 Å². The predicted molar refractivity (Wildman–Crippen MR) is 197 cm³/mol. The summed E-state index contributed by atoms with van der Waals surface area (Å²) in [7, 11) is 3.14. The predicted octanol–water partition coefficient (Wildman–Crippen LogP) is 6.91. The molecule has 0 unspecified atom stereocenters. The van der Waals surface area contributed by atoms with Gasteiger partial charge in [0.1, 0.15) is 17.9 Å². The number of nitrogens with zero attached hydrogens (tertiary/aromatic N) is 4. The molecule has 0 aliphatic heterocycles. The van der Waals surface area contributed by atoms with Crippen LogP contribution in [-0.2, 0) is 20.9 Å². The van der Waals surface area contributed by atoms with Crippen LogP contribution in [0.5, 0.6) is 5.75 Å². The van der Waals surface area contributed by atoms with Crippen LogP contribution in [0.25, 0.3) is 17.0 Å². The zero-order chi connectivity index (χ0) is 35.6. The Bertz CT molecular complexity index is 2020. The average Bonchev–Trinajstić information content (AvgIpc) is 3.13. The van der Waals surface area contributed by atoms with Crippen molar-refractivity contribution in [1.82, 2.24) is 15.3 Å². The highest BCUT2D eigenvalue weighted by Crippen LogP contribution is 2.35. The minimum atomic E-state index is -0.458. The van der Waals surface area contributed by atoms with Crippen LogP contribution in [0.2, 0.25) is 10.0 Å². The summed E-state index contributed by atoms with van der Waals surface area (Å²) >= 11 is 13.2. The minimum Gasteiger partial charge on any atom is -0.487 e. The third-order valence-corrected chi connectivity index (χ3v) is 8.61. The summed E-state index contributed by atoms with van der Waals surface area (Å²) in [4.78, 5) is 50.4. The summed E-state index contributed by atoms with van der Waals surface area (Å²) in [5.41, 5.74) is 4.43. The van der Waals surface area contributed by atoms with Gasteiger partial charge in [0.15, 0.2) is 0 Å². The summed E-state index contributed by atoms with van der Waals surface area (Å²) in [6.45, 7) is 2.41. The van der Waals surface area contributed by atoms with Crippen molar-refractivity contribution < 1.29 is 23.9 Å². The number of amides is 3. The number of hydrogen-bond donors (Lipinski definition) is 1. The number of methoxy groups -OCH3 is 1. The lowest BCUT2D eigenvalue weighted by Gasteiger charge is -2.22. The standard InChI is InChI=1S/C38H35Cl2N5O5/c1-25-7-11-27-5-4-6-33(37(27)43-25)50-24-30-31(39)14-15-32(36(30)40)44(2)35(47)23-42-34(46)16-10-26-8-12-29(13-9-26)45(21-22-49-3)38(48)28-17-19-41-20-18-28/h4-20H,21-24H2,1-3H3,(H,42,46)/b16-10+. The van der Waals surface area contributed by atoms with E-state index in [4.69, 9.17) is 32.7 Å². The van der Waals surface area contributed by atoms with E-state index >= 15 is 0 Å². The van der Waals surface area contributed by atoms with Gasteiger partial charge < -0.3 is 24.6 Å². The van der Waals surface area contributed by atoms with E-state index in [9.17, 15) is 14.4 Å². The largest absolute Gasteiger partial charge is 0.487 e. The van der Waals surface area contributed by atoms with E-state index in [1.165, 1.54) is 11.0 Å². The van der Waals surface area contributed by atoms with E-state index in [0.717, 1.165) is 22.2 Å². The zero-order valence-corrected chi connectivity index (χ0v) is 29.2. The third-order valence-electron chi connectivity index (χ3n) is 7.83. The Morgan fingerprint density at radius 2 is 1.70 bits per heavy atom. The van der Waals surface area contributed by atoms with Gasteiger partial charge in [0.2, 0.25) is 11.8 Å². The molecule has 0 aliphatic carbocycles. The van der Waals surface area contributed by atoms with Crippen molar-refractivity contribution in [3.63, 3.8) is 0 Å². The molecular weight excluding hydrogens is 677 g/mol. The van der Waals surface area contributed by atoms with Crippen molar-refractivity contribution in [2.75, 3.05) is 43.7 Å². The lowest BCUT2D eigenvalue weighted by Crippen LogP contribution is -2.37. The Morgan fingerprint density at radius 1 is 0.940 bits per heavy atom. The molecule has 10 nitrogen and oxygen atoms in total. The molecule has 0 radical (unpaired) electrons. The summed E-state index contributed by atoms with van der Waals surface area (Å²) < 4.78 is 11.3. The second-order valence-electron chi connectivity index (χ2n) is 11.2. The van der Waals surface area contributed by atoms with Gasteiger partial charge in [0.05, 0.1) is 23.9 Å². The molecule has 5 aromatic rings. The minimum absolute atomic E-state index is 0.0526. The number of nitrogens with one attached hydrogen (secondary N) is 1. The number of halogens is 2. The van der Waals surface area contributed by atoms with Crippen LogP contribution < -0.4 is 19.9 Å². The van der Waals surface area contributed by atoms with Crippen LogP contribution in [0.15, 0.2) is 97.3 Å². The van der Waals surface area contributed by atoms with Gasteiger partial charge in [-0.05, 0) is 67.1 Å². The van der Waals surface area contributed by atoms with Crippen LogP contribution in [0.4, 0.5) is 11.4 Å². The van der Waals surface area contributed by atoms with Crippen molar-refractivity contribution in [2.45, 2.75) is 13.5 Å². The number of hydrogen-bond acceptors (Lipinski definition) is 7. The number of fused-ring (bicyclic) bond motifs is 1. The van der Waals surface area contributed by atoms with Crippen LogP contribution >= 0.6 is 23.2 Å². The molecule has 0 fully saturated rings. The number of benzene rings is 3. The smallest absolute Gasteiger partial charge is 0.258 e. The number of ether oxygens (including phenoxy) is 2. The van der Waals surface area contributed by atoms with E-state index in [1.54, 1.807) is 86.1 Å². The van der Waals surface area contributed by atoms with Gasteiger partial charge in [0.25, 0.3) is 5.91 Å². The van der Waals surface area contributed by atoms with Crippen LogP contribution in [0.1, 0.15) is 27.2 Å². The Balaban J connectivity index is 1.18. The van der Waals surface area contributed by atoms with E-state index in [-0.39, 0.29) is 24.1 Å². The fraction of sp³-hybridized carbons (Fsp3) is 0.184. The molecule has 0 bridgehead atoms. The maximum atomic E-state index is 13.1. The highest BCUT2D eigenvalue weighted by Gasteiger charge is 2.20. The number of aromatic nitrogens is 2. The molecule has 1 N–H and O–H groups in total. The number of carbonyl (C=O) groups excluding carboxylic acids is 3. The Hall–Kier alpha value is -5.29. The summed E-state index contributed by atoms with van der Waals surface area (Å²) in [6, 6.07) is 23.3. The molecule has 256 valence electrons. The first-order valence-corrected chi connectivity index (χ1v) is 16.4. The maximum absolute atomic E-state index is 13.1. The number of likely N-dealkylation sites (N-methyl/N-ethyl adjacent to an activating group) is 1. The molecular formula is C38H35Cl2N5O5. The normalized spacial score (nSPS) is 11.1. The summed E-state index contributed by atoms with van der Waals surface area (Å²) in [5, 5.41) is 4.20. The first-order chi connectivity index (χ1) is 24.2. The number of rotatable bonds is 13. The lowest BCUT2D eigenvalue weighted by molar-refractivity contribution is -0.122. The van der Waals surface area contributed by atoms with E-state index in [2.05, 4.69) is 15.3 Å². The van der Waals surface area contributed by atoms with Gasteiger partial charge in [0, 0.05) is 72.1 Å². The van der Waals surface area contributed by atoms with E-state index < -0.39 is 11.8 Å². The number of anilines is 2. The Labute approximate surface area is 300 Å². The SMILES string of the molecule is COCCN(C(=O)c1ccncc1)c1ccc(/C=C/C(=O)NCC(=O)N(C)c2ccc(Cl)c(COc3cccc4ccc(C)nc34)c2Cl)cc1. The Kier molecular flexibility index (Phi) is 12.2. The molecule has 2 heterocycles. The molecule has 5 rings (SSSR count). The second kappa shape index (κ2) is 16.9. The van der Waals surface area contributed by atoms with Crippen molar-refractivity contribution in [3.05, 3.63) is 130 Å². The van der Waals surface area contributed by atoms with Gasteiger partial charge in [-0.25, -0.2) is 4.98 Å². The molecule has 12 heteroatoms. The molecule has 2 aromatic heterocycles. The molecule has 0 saturated heterocycles. The highest BCUT2D eigenvalue weighted by atomic mass is 35.5. The van der Waals surface area contributed by atoms with Crippen molar-refractivity contribution in [1.29, 1.82) is 0 Å². The number of pyridine rings is 2. The number of aryl methyl sites for hydroxylation is 1. The fourth-order valence-electron chi connectivity index (χ4n) is 5.05. The van der Waals surface area contributed by atoms with Crippen molar-refractivity contribution in [3.8, 4) is 5.75 Å². The molecule has 50 heavy (non-hydrogen) atoms. The molecule has 3 amide bonds. The number of carbonyl (C=O) groups is 3. The monoisotopic (exact) mass is 711 g/mol. The maximum Gasteiger partial charge on any atom is 0.258 e.